The lowest BCUT2D eigenvalue weighted by Gasteiger charge is -2.24. The number of carbonyl (C=O) groups excluding carboxylic acids is 1. The molecule has 1 aromatic carbocycles. The van der Waals surface area contributed by atoms with E-state index in [0.717, 1.165) is 23.4 Å². The fraction of sp³-hybridized carbons (Fsp3) is 0.467. The van der Waals surface area contributed by atoms with Crippen LogP contribution in [0.4, 0.5) is 5.69 Å². The van der Waals surface area contributed by atoms with Crippen molar-refractivity contribution in [2.75, 3.05) is 18.0 Å². The highest BCUT2D eigenvalue weighted by Crippen LogP contribution is 2.19. The van der Waals surface area contributed by atoms with E-state index in [2.05, 4.69) is 5.32 Å². The van der Waals surface area contributed by atoms with Gasteiger partial charge in [0.25, 0.3) is 0 Å². The van der Waals surface area contributed by atoms with Crippen LogP contribution < -0.4 is 16.0 Å². The number of benzene rings is 1. The van der Waals surface area contributed by atoms with Crippen molar-refractivity contribution in [1.29, 1.82) is 0 Å². The third-order valence-electron chi connectivity index (χ3n) is 3.01. The molecule has 0 bridgehead atoms. The zero-order chi connectivity index (χ0) is 15.3. The summed E-state index contributed by atoms with van der Waals surface area (Å²) in [6.45, 7) is 9.02. The van der Waals surface area contributed by atoms with Crippen LogP contribution in [0, 0.1) is 6.92 Å². The highest BCUT2D eigenvalue weighted by atomic mass is 32.1. The monoisotopic (exact) mass is 293 g/mol. The van der Waals surface area contributed by atoms with E-state index in [1.807, 2.05) is 50.8 Å². The van der Waals surface area contributed by atoms with Crippen LogP contribution in [0.25, 0.3) is 0 Å². The van der Waals surface area contributed by atoms with E-state index in [0.29, 0.717) is 11.5 Å². The van der Waals surface area contributed by atoms with E-state index in [1.165, 1.54) is 0 Å². The largest absolute Gasteiger partial charge is 0.389 e. The third-order valence-corrected chi connectivity index (χ3v) is 3.23. The van der Waals surface area contributed by atoms with Crippen molar-refractivity contribution in [3.05, 3.63) is 29.3 Å². The summed E-state index contributed by atoms with van der Waals surface area (Å²) < 4.78 is 0. The van der Waals surface area contributed by atoms with Crippen LogP contribution in [0.5, 0.6) is 0 Å². The average molecular weight is 293 g/mol. The molecule has 1 amide bonds. The maximum atomic E-state index is 11.9. The molecular weight excluding hydrogens is 270 g/mol. The Morgan fingerprint density at radius 1 is 1.45 bits per heavy atom. The van der Waals surface area contributed by atoms with Crippen molar-refractivity contribution in [2.24, 2.45) is 5.73 Å². The molecular formula is C15H23N3OS. The number of thiocarbonyl (C=S) groups is 1. The number of hydrogen-bond acceptors (Lipinski definition) is 3. The van der Waals surface area contributed by atoms with Gasteiger partial charge in [0.15, 0.2) is 0 Å². The Morgan fingerprint density at radius 3 is 2.55 bits per heavy atom. The van der Waals surface area contributed by atoms with Gasteiger partial charge < -0.3 is 16.0 Å². The Labute approximate surface area is 126 Å². The maximum Gasteiger partial charge on any atom is 0.239 e. The topological polar surface area (TPSA) is 58.4 Å². The van der Waals surface area contributed by atoms with Crippen LogP contribution >= 0.6 is 12.2 Å². The van der Waals surface area contributed by atoms with Crippen LogP contribution in [0.2, 0.25) is 0 Å². The summed E-state index contributed by atoms with van der Waals surface area (Å²) in [4.78, 5) is 14.3. The van der Waals surface area contributed by atoms with Gasteiger partial charge in [-0.3, -0.25) is 4.79 Å². The standard InChI is InChI=1S/C15H23N3OS/c1-5-18(9-14(19)17-10(2)3)12-6-7-13(15(16)20)11(4)8-12/h6-8,10H,5,9H2,1-4H3,(H2,16,20)(H,17,19). The van der Waals surface area contributed by atoms with Crippen molar-refractivity contribution < 1.29 is 4.79 Å². The van der Waals surface area contributed by atoms with Crippen LogP contribution in [-0.2, 0) is 4.79 Å². The van der Waals surface area contributed by atoms with Gasteiger partial charge in [-0.05, 0) is 51.5 Å². The van der Waals surface area contributed by atoms with E-state index in [9.17, 15) is 4.79 Å². The second-order valence-electron chi connectivity index (χ2n) is 5.10. The number of rotatable bonds is 6. The second-order valence-corrected chi connectivity index (χ2v) is 5.54. The van der Waals surface area contributed by atoms with Crippen molar-refractivity contribution in [1.82, 2.24) is 5.32 Å². The number of amides is 1. The van der Waals surface area contributed by atoms with E-state index < -0.39 is 0 Å². The molecule has 0 unspecified atom stereocenters. The Morgan fingerprint density at radius 2 is 2.10 bits per heavy atom. The Kier molecular flexibility index (Phi) is 5.95. The van der Waals surface area contributed by atoms with E-state index in [4.69, 9.17) is 18.0 Å². The van der Waals surface area contributed by atoms with Gasteiger partial charge in [0, 0.05) is 23.8 Å². The van der Waals surface area contributed by atoms with Gasteiger partial charge in [-0.2, -0.15) is 0 Å². The molecule has 0 atom stereocenters. The first-order valence-corrected chi connectivity index (χ1v) is 7.20. The first kappa shape index (κ1) is 16.4. The lowest BCUT2D eigenvalue weighted by molar-refractivity contribution is -0.120. The number of carbonyl (C=O) groups is 1. The molecule has 1 rings (SSSR count). The summed E-state index contributed by atoms with van der Waals surface area (Å²) in [5.41, 5.74) is 8.57. The average Bonchev–Trinajstić information content (AvgIpc) is 2.34. The molecule has 20 heavy (non-hydrogen) atoms. The number of hydrogen-bond donors (Lipinski definition) is 2. The third kappa shape index (κ3) is 4.49. The van der Waals surface area contributed by atoms with Gasteiger partial charge in [0.05, 0.1) is 6.54 Å². The Hall–Kier alpha value is -1.62. The van der Waals surface area contributed by atoms with Gasteiger partial charge in [-0.1, -0.05) is 12.2 Å². The minimum Gasteiger partial charge on any atom is -0.389 e. The van der Waals surface area contributed by atoms with Gasteiger partial charge in [0.1, 0.15) is 4.99 Å². The number of aryl methyl sites for hydroxylation is 1. The predicted molar refractivity (Wildman–Crippen MR) is 88.2 cm³/mol. The van der Waals surface area contributed by atoms with E-state index in [-0.39, 0.29) is 11.9 Å². The molecule has 5 heteroatoms. The molecule has 0 saturated carbocycles. The minimum atomic E-state index is 0.0259. The SMILES string of the molecule is CCN(CC(=O)NC(C)C)c1ccc(C(N)=S)c(C)c1. The number of likely N-dealkylation sites (N-methyl/N-ethyl adjacent to an activating group) is 1. The van der Waals surface area contributed by atoms with Crippen molar-refractivity contribution in [2.45, 2.75) is 33.7 Å². The lowest BCUT2D eigenvalue weighted by atomic mass is 10.1. The van der Waals surface area contributed by atoms with E-state index in [1.54, 1.807) is 0 Å². The second kappa shape index (κ2) is 7.24. The van der Waals surface area contributed by atoms with Crippen molar-refractivity contribution >= 4 is 28.8 Å². The zero-order valence-corrected chi connectivity index (χ0v) is 13.4. The maximum absolute atomic E-state index is 11.9. The summed E-state index contributed by atoms with van der Waals surface area (Å²) in [5, 5.41) is 2.90. The van der Waals surface area contributed by atoms with Crippen LogP contribution in [0.15, 0.2) is 18.2 Å². The summed E-state index contributed by atoms with van der Waals surface area (Å²) in [6, 6.07) is 6.03. The molecule has 110 valence electrons. The molecule has 0 aromatic heterocycles. The van der Waals surface area contributed by atoms with Gasteiger partial charge >= 0.3 is 0 Å². The van der Waals surface area contributed by atoms with E-state index >= 15 is 0 Å². The molecule has 0 aliphatic heterocycles. The summed E-state index contributed by atoms with van der Waals surface area (Å²) in [5.74, 6) is 0.0259. The molecule has 0 saturated heterocycles. The van der Waals surface area contributed by atoms with Gasteiger partial charge in [-0.15, -0.1) is 0 Å². The Balaban J connectivity index is 2.88. The summed E-state index contributed by atoms with van der Waals surface area (Å²) >= 11 is 5.00. The molecule has 0 heterocycles. The normalized spacial score (nSPS) is 10.4. The lowest BCUT2D eigenvalue weighted by Crippen LogP contribution is -2.40. The fourth-order valence-electron chi connectivity index (χ4n) is 2.05. The quantitative estimate of drug-likeness (QED) is 0.788. The molecule has 0 spiro atoms. The zero-order valence-electron chi connectivity index (χ0n) is 12.6. The molecule has 0 fully saturated rings. The highest BCUT2D eigenvalue weighted by molar-refractivity contribution is 7.80. The van der Waals surface area contributed by atoms with Gasteiger partial charge in [-0.25, -0.2) is 0 Å². The first-order chi connectivity index (χ1) is 9.35. The molecule has 4 nitrogen and oxygen atoms in total. The number of anilines is 1. The highest BCUT2D eigenvalue weighted by Gasteiger charge is 2.12. The summed E-state index contributed by atoms with van der Waals surface area (Å²) in [6.07, 6.45) is 0. The Bertz CT molecular complexity index is 500. The molecule has 0 aliphatic rings. The molecule has 0 radical (unpaired) electrons. The van der Waals surface area contributed by atoms with Crippen LogP contribution in [0.3, 0.4) is 0 Å². The number of nitrogens with one attached hydrogen (secondary N) is 1. The molecule has 1 aromatic rings. The van der Waals surface area contributed by atoms with Crippen LogP contribution in [-0.4, -0.2) is 30.0 Å². The predicted octanol–water partition coefficient (Wildman–Crippen LogP) is 1.98. The minimum absolute atomic E-state index is 0.0259. The van der Waals surface area contributed by atoms with Crippen molar-refractivity contribution in [3.8, 4) is 0 Å². The molecule has 0 aliphatic carbocycles. The smallest absolute Gasteiger partial charge is 0.239 e. The number of nitrogens with zero attached hydrogens (tertiary/aromatic N) is 1. The molecule has 3 N–H and O–H groups in total. The summed E-state index contributed by atoms with van der Waals surface area (Å²) in [7, 11) is 0. The number of nitrogens with two attached hydrogens (primary N) is 1. The van der Waals surface area contributed by atoms with Gasteiger partial charge in [0.2, 0.25) is 5.91 Å². The first-order valence-electron chi connectivity index (χ1n) is 6.80. The van der Waals surface area contributed by atoms with Crippen molar-refractivity contribution in [3.63, 3.8) is 0 Å². The fourth-order valence-corrected chi connectivity index (χ4v) is 2.28. The van der Waals surface area contributed by atoms with Crippen LogP contribution in [0.1, 0.15) is 31.9 Å².